The molecule has 0 spiro atoms. The molecule has 0 aromatic carbocycles. The summed E-state index contributed by atoms with van der Waals surface area (Å²) in [5.41, 5.74) is 0.616. The van der Waals surface area contributed by atoms with Gasteiger partial charge in [0.25, 0.3) is 0 Å². The van der Waals surface area contributed by atoms with E-state index in [2.05, 4.69) is 25.0 Å². The fraction of sp³-hybridized carbons (Fsp3) is 0.793. The largest absolute Gasteiger partial charge is 0.297 e. The number of fused-ring (bicyclic) bond motifs is 5. The SMILES string of the molecule is CC1CCC2C(CCC3C2CCC2(C)C(C(=O)Cn4nc(C#N)cc4C#N)CC(C4CC4)C32)C1. The average molecular weight is 459 g/mol. The van der Waals surface area contributed by atoms with Gasteiger partial charge in [-0.1, -0.05) is 20.3 Å². The number of Topliss-reactive ketones (excluding diaryl/α,β-unsaturated/α-hetero) is 1. The second kappa shape index (κ2) is 8.22. The minimum atomic E-state index is 0.0643. The van der Waals surface area contributed by atoms with Gasteiger partial charge in [-0.3, -0.25) is 4.79 Å². The summed E-state index contributed by atoms with van der Waals surface area (Å²) in [5.74, 6) is 7.00. The maximum atomic E-state index is 13.8. The lowest BCUT2D eigenvalue weighted by Crippen LogP contribution is -2.50. The minimum absolute atomic E-state index is 0.0643. The molecule has 5 aliphatic carbocycles. The quantitative estimate of drug-likeness (QED) is 0.576. The Kier molecular flexibility index (Phi) is 5.40. The summed E-state index contributed by atoms with van der Waals surface area (Å²) >= 11 is 0. The van der Waals surface area contributed by atoms with Gasteiger partial charge in [-0.15, -0.1) is 0 Å². The summed E-state index contributed by atoms with van der Waals surface area (Å²) < 4.78 is 1.48. The Labute approximate surface area is 203 Å². The first-order valence-electron chi connectivity index (χ1n) is 13.8. The fourth-order valence-corrected chi connectivity index (χ4v) is 9.71. The molecule has 0 saturated heterocycles. The zero-order valence-electron chi connectivity index (χ0n) is 20.7. The second-order valence-corrected chi connectivity index (χ2v) is 12.9. The molecule has 0 N–H and O–H groups in total. The van der Waals surface area contributed by atoms with Crippen molar-refractivity contribution in [3.05, 3.63) is 17.5 Å². The summed E-state index contributed by atoms with van der Waals surface area (Å²) in [6.45, 7) is 5.03. The number of rotatable bonds is 4. The number of carbonyl (C=O) groups excluding carboxylic acids is 1. The Bertz CT molecular complexity index is 1060. The van der Waals surface area contributed by atoms with E-state index in [0.717, 1.165) is 41.9 Å². The molecular formula is C29H38N4O. The van der Waals surface area contributed by atoms with E-state index >= 15 is 0 Å². The molecule has 9 unspecified atom stereocenters. The van der Waals surface area contributed by atoms with Gasteiger partial charge in [0.15, 0.2) is 11.5 Å². The van der Waals surface area contributed by atoms with Crippen LogP contribution in [0.1, 0.15) is 89.4 Å². The van der Waals surface area contributed by atoms with Crippen molar-refractivity contribution in [2.24, 2.45) is 58.7 Å². The third-order valence-corrected chi connectivity index (χ3v) is 11.2. The van der Waals surface area contributed by atoms with Crippen LogP contribution in [0.4, 0.5) is 0 Å². The molecule has 1 aromatic heterocycles. The Hall–Kier alpha value is -2.14. The van der Waals surface area contributed by atoms with Crippen molar-refractivity contribution < 1.29 is 4.79 Å². The highest BCUT2D eigenvalue weighted by atomic mass is 16.1. The first-order valence-corrected chi connectivity index (χ1v) is 13.8. The van der Waals surface area contributed by atoms with Gasteiger partial charge in [0.1, 0.15) is 24.4 Å². The summed E-state index contributed by atoms with van der Waals surface area (Å²) in [5, 5.41) is 22.9. The Morgan fingerprint density at radius 2 is 1.76 bits per heavy atom. The van der Waals surface area contributed by atoms with Crippen LogP contribution < -0.4 is 0 Å². The van der Waals surface area contributed by atoms with Crippen molar-refractivity contribution in [1.29, 1.82) is 10.5 Å². The predicted molar refractivity (Wildman–Crippen MR) is 128 cm³/mol. The van der Waals surface area contributed by atoms with Crippen molar-refractivity contribution in [2.45, 2.75) is 84.6 Å². The molecule has 6 rings (SSSR count). The number of hydrogen-bond acceptors (Lipinski definition) is 4. The summed E-state index contributed by atoms with van der Waals surface area (Å²) in [6, 6.07) is 5.62. The molecule has 1 aromatic rings. The summed E-state index contributed by atoms with van der Waals surface area (Å²) in [6.07, 6.45) is 13.3. The lowest BCUT2D eigenvalue weighted by Gasteiger charge is -2.57. The molecule has 0 bridgehead atoms. The molecule has 5 nitrogen and oxygen atoms in total. The molecule has 5 aliphatic rings. The van der Waals surface area contributed by atoms with Crippen LogP contribution in [0.3, 0.4) is 0 Å². The number of carbonyl (C=O) groups is 1. The van der Waals surface area contributed by atoms with Crippen molar-refractivity contribution >= 4 is 5.78 Å². The molecule has 0 radical (unpaired) electrons. The van der Waals surface area contributed by atoms with Gasteiger partial charge in [0.2, 0.25) is 0 Å². The first kappa shape index (κ1) is 22.3. The minimum Gasteiger partial charge on any atom is -0.297 e. The first-order chi connectivity index (χ1) is 16.4. The van der Waals surface area contributed by atoms with Gasteiger partial charge in [0, 0.05) is 12.0 Å². The molecule has 180 valence electrons. The van der Waals surface area contributed by atoms with Gasteiger partial charge >= 0.3 is 0 Å². The number of nitrogens with zero attached hydrogens (tertiary/aromatic N) is 4. The molecule has 34 heavy (non-hydrogen) atoms. The predicted octanol–water partition coefficient (Wildman–Crippen LogP) is 5.74. The third-order valence-electron chi connectivity index (χ3n) is 11.2. The van der Waals surface area contributed by atoms with E-state index < -0.39 is 0 Å². The lowest BCUT2D eigenvalue weighted by atomic mass is 9.48. The van der Waals surface area contributed by atoms with Crippen LogP contribution in [0.25, 0.3) is 0 Å². The zero-order chi connectivity index (χ0) is 23.6. The standard InChI is InChI=1S/C29H38N4O/c1-17-3-7-22-19(11-17)6-8-24-23(22)9-10-29(2)26(13-25(28(24)29)18-4-5-18)27(34)16-33-21(15-31)12-20(14-30)32-33/h12,17-19,22-26,28H,3-11,13,16H2,1-2H3. The Morgan fingerprint density at radius 3 is 2.50 bits per heavy atom. The van der Waals surface area contributed by atoms with E-state index in [1.807, 2.05) is 6.07 Å². The maximum absolute atomic E-state index is 13.8. The molecule has 0 aliphatic heterocycles. The molecule has 5 saturated carbocycles. The van der Waals surface area contributed by atoms with Gasteiger partial charge in [-0.05, 0) is 111 Å². The van der Waals surface area contributed by atoms with Crippen molar-refractivity contribution in [2.75, 3.05) is 0 Å². The molecule has 5 fully saturated rings. The molecule has 5 heteroatoms. The summed E-state index contributed by atoms with van der Waals surface area (Å²) in [7, 11) is 0. The van der Waals surface area contributed by atoms with Crippen LogP contribution >= 0.6 is 0 Å². The van der Waals surface area contributed by atoms with E-state index in [1.165, 1.54) is 68.5 Å². The Morgan fingerprint density at radius 1 is 1.00 bits per heavy atom. The van der Waals surface area contributed by atoms with Crippen molar-refractivity contribution in [3.8, 4) is 12.1 Å². The van der Waals surface area contributed by atoms with E-state index in [1.54, 1.807) is 0 Å². The van der Waals surface area contributed by atoms with Crippen LogP contribution in [0.2, 0.25) is 0 Å². The Balaban J connectivity index is 1.27. The van der Waals surface area contributed by atoms with Gasteiger partial charge < -0.3 is 0 Å². The van der Waals surface area contributed by atoms with Gasteiger partial charge in [-0.25, -0.2) is 4.68 Å². The third kappa shape index (κ3) is 3.45. The van der Waals surface area contributed by atoms with E-state index in [-0.39, 0.29) is 29.4 Å². The topological polar surface area (TPSA) is 82.5 Å². The van der Waals surface area contributed by atoms with Crippen molar-refractivity contribution in [3.63, 3.8) is 0 Å². The number of ketones is 1. The van der Waals surface area contributed by atoms with Crippen molar-refractivity contribution in [1.82, 2.24) is 9.78 Å². The lowest BCUT2D eigenvalue weighted by molar-refractivity contribution is -0.131. The maximum Gasteiger partial charge on any atom is 0.163 e. The molecule has 9 atom stereocenters. The molecular weight excluding hydrogens is 420 g/mol. The zero-order valence-corrected chi connectivity index (χ0v) is 20.7. The normalized spacial score (nSPS) is 43.2. The molecule has 0 amide bonds. The number of hydrogen-bond donors (Lipinski definition) is 0. The van der Waals surface area contributed by atoms with E-state index in [4.69, 9.17) is 0 Å². The van der Waals surface area contributed by atoms with Gasteiger partial charge in [0.05, 0.1) is 0 Å². The van der Waals surface area contributed by atoms with Crippen LogP contribution in [0, 0.1) is 81.3 Å². The highest BCUT2D eigenvalue weighted by Crippen LogP contribution is 2.69. The van der Waals surface area contributed by atoms with E-state index in [0.29, 0.717) is 17.5 Å². The fourth-order valence-electron chi connectivity index (χ4n) is 9.71. The van der Waals surface area contributed by atoms with Crippen LogP contribution in [-0.2, 0) is 11.3 Å². The second-order valence-electron chi connectivity index (χ2n) is 12.9. The van der Waals surface area contributed by atoms with E-state index in [9.17, 15) is 15.3 Å². The average Bonchev–Trinajstić information content (AvgIpc) is 3.52. The highest BCUT2D eigenvalue weighted by Gasteiger charge is 2.63. The smallest absolute Gasteiger partial charge is 0.163 e. The van der Waals surface area contributed by atoms with Crippen LogP contribution in [0.5, 0.6) is 0 Å². The number of aromatic nitrogens is 2. The number of nitriles is 2. The highest BCUT2D eigenvalue weighted by molar-refractivity contribution is 5.82. The monoisotopic (exact) mass is 458 g/mol. The molecule has 1 heterocycles. The summed E-state index contributed by atoms with van der Waals surface area (Å²) in [4.78, 5) is 13.8. The van der Waals surface area contributed by atoms with Crippen LogP contribution in [0.15, 0.2) is 6.07 Å². The van der Waals surface area contributed by atoms with Gasteiger partial charge in [-0.2, -0.15) is 15.6 Å². The van der Waals surface area contributed by atoms with Crippen LogP contribution in [-0.4, -0.2) is 15.6 Å².